The molecular formula is C15H29N3O2. The second-order valence-electron chi connectivity index (χ2n) is 5.51. The second kappa shape index (κ2) is 8.95. The molecule has 1 rings (SSSR count). The van der Waals surface area contributed by atoms with Crippen molar-refractivity contribution in [2.75, 3.05) is 32.7 Å². The molecule has 20 heavy (non-hydrogen) atoms. The van der Waals surface area contributed by atoms with Crippen molar-refractivity contribution in [3.05, 3.63) is 0 Å². The van der Waals surface area contributed by atoms with E-state index in [2.05, 4.69) is 19.2 Å². The number of unbranched alkanes of at least 4 members (excludes halogenated alkanes) is 1. The van der Waals surface area contributed by atoms with Gasteiger partial charge in [-0.2, -0.15) is 0 Å². The topological polar surface area (TPSA) is 52.7 Å². The fourth-order valence-electron chi connectivity index (χ4n) is 2.38. The third-order valence-electron chi connectivity index (χ3n) is 3.95. The molecule has 5 heteroatoms. The van der Waals surface area contributed by atoms with Gasteiger partial charge in [-0.15, -0.1) is 0 Å². The normalized spacial score (nSPS) is 17.4. The predicted molar refractivity (Wildman–Crippen MR) is 80.4 cm³/mol. The van der Waals surface area contributed by atoms with Crippen molar-refractivity contribution in [1.29, 1.82) is 0 Å². The molecule has 0 radical (unpaired) electrons. The maximum Gasteiger partial charge on any atom is 0.312 e. The first-order chi connectivity index (χ1) is 9.61. The highest BCUT2D eigenvalue weighted by Gasteiger charge is 2.29. The molecule has 2 amide bonds. The molecule has 1 fully saturated rings. The Morgan fingerprint density at radius 2 is 2.00 bits per heavy atom. The minimum Gasteiger partial charge on any atom is -0.333 e. The van der Waals surface area contributed by atoms with E-state index in [1.54, 1.807) is 9.80 Å². The molecule has 0 bridgehead atoms. The molecule has 0 aliphatic carbocycles. The lowest BCUT2D eigenvalue weighted by molar-refractivity contribution is -0.153. The molecule has 0 saturated carbocycles. The van der Waals surface area contributed by atoms with Gasteiger partial charge in [0.1, 0.15) is 0 Å². The van der Waals surface area contributed by atoms with E-state index >= 15 is 0 Å². The summed E-state index contributed by atoms with van der Waals surface area (Å²) in [6.07, 6.45) is 3.77. The van der Waals surface area contributed by atoms with Crippen LogP contribution in [0, 0.1) is 0 Å². The smallest absolute Gasteiger partial charge is 0.312 e. The van der Waals surface area contributed by atoms with Crippen LogP contribution in [0.15, 0.2) is 0 Å². The lowest BCUT2D eigenvalue weighted by Gasteiger charge is -2.30. The van der Waals surface area contributed by atoms with Gasteiger partial charge in [-0.3, -0.25) is 9.59 Å². The zero-order chi connectivity index (χ0) is 15.0. The summed E-state index contributed by atoms with van der Waals surface area (Å²) >= 11 is 0. The first-order valence-electron chi connectivity index (χ1n) is 7.92. The molecule has 0 aromatic rings. The highest BCUT2D eigenvalue weighted by molar-refractivity contribution is 6.35. The Hall–Kier alpha value is -1.10. The van der Waals surface area contributed by atoms with E-state index in [0.717, 1.165) is 38.8 Å². The molecule has 1 unspecified atom stereocenters. The molecule has 1 heterocycles. The third kappa shape index (κ3) is 4.78. The summed E-state index contributed by atoms with van der Waals surface area (Å²) in [5, 5.41) is 3.25. The Balaban J connectivity index is 2.68. The number of nitrogens with zero attached hydrogens (tertiary/aromatic N) is 2. The van der Waals surface area contributed by atoms with Gasteiger partial charge in [0, 0.05) is 32.2 Å². The first-order valence-corrected chi connectivity index (χ1v) is 7.92. The number of hydrogen-bond acceptors (Lipinski definition) is 3. The molecule has 0 aromatic carbocycles. The van der Waals surface area contributed by atoms with Crippen molar-refractivity contribution in [3.63, 3.8) is 0 Å². The number of rotatable bonds is 5. The number of carbonyl (C=O) groups excluding carboxylic acids is 2. The van der Waals surface area contributed by atoms with Crippen molar-refractivity contribution >= 4 is 11.8 Å². The molecule has 1 saturated heterocycles. The van der Waals surface area contributed by atoms with Crippen LogP contribution in [0.2, 0.25) is 0 Å². The van der Waals surface area contributed by atoms with Gasteiger partial charge in [-0.05, 0) is 32.7 Å². The summed E-state index contributed by atoms with van der Waals surface area (Å²) in [5.41, 5.74) is 0. The van der Waals surface area contributed by atoms with Crippen LogP contribution in [-0.2, 0) is 9.59 Å². The first kappa shape index (κ1) is 17.0. The summed E-state index contributed by atoms with van der Waals surface area (Å²) in [4.78, 5) is 28.3. The van der Waals surface area contributed by atoms with Crippen LogP contribution in [0.5, 0.6) is 0 Å². The minimum atomic E-state index is -0.329. The Labute approximate surface area is 122 Å². The monoisotopic (exact) mass is 283 g/mol. The second-order valence-corrected chi connectivity index (χ2v) is 5.51. The number of carbonyl (C=O) groups is 2. The minimum absolute atomic E-state index is 0.128. The van der Waals surface area contributed by atoms with Crippen LogP contribution in [-0.4, -0.2) is 60.4 Å². The van der Waals surface area contributed by atoms with Gasteiger partial charge in [-0.1, -0.05) is 20.3 Å². The van der Waals surface area contributed by atoms with E-state index < -0.39 is 0 Å². The summed E-state index contributed by atoms with van der Waals surface area (Å²) in [7, 11) is 0. The molecule has 1 atom stereocenters. The van der Waals surface area contributed by atoms with Crippen molar-refractivity contribution < 1.29 is 9.59 Å². The molecule has 1 aliphatic heterocycles. The van der Waals surface area contributed by atoms with Crippen LogP contribution in [0.1, 0.15) is 46.5 Å². The van der Waals surface area contributed by atoms with Gasteiger partial charge in [0.15, 0.2) is 0 Å². The molecule has 0 aromatic heterocycles. The fraction of sp³-hybridized carbons (Fsp3) is 0.867. The fourth-order valence-corrected chi connectivity index (χ4v) is 2.38. The molecule has 1 N–H and O–H groups in total. The highest BCUT2D eigenvalue weighted by Crippen LogP contribution is 2.09. The molecule has 0 spiro atoms. The van der Waals surface area contributed by atoms with Crippen LogP contribution in [0.25, 0.3) is 0 Å². The van der Waals surface area contributed by atoms with Crippen LogP contribution >= 0.6 is 0 Å². The average Bonchev–Trinajstić information content (AvgIpc) is 2.75. The Morgan fingerprint density at radius 3 is 2.65 bits per heavy atom. The Kier molecular flexibility index (Phi) is 7.59. The van der Waals surface area contributed by atoms with Crippen LogP contribution < -0.4 is 5.32 Å². The van der Waals surface area contributed by atoms with Gasteiger partial charge >= 0.3 is 11.8 Å². The van der Waals surface area contributed by atoms with E-state index in [4.69, 9.17) is 0 Å². The third-order valence-corrected chi connectivity index (χ3v) is 3.95. The van der Waals surface area contributed by atoms with E-state index in [9.17, 15) is 9.59 Å². The zero-order valence-corrected chi connectivity index (χ0v) is 13.2. The van der Waals surface area contributed by atoms with Crippen molar-refractivity contribution in [3.8, 4) is 0 Å². The lowest BCUT2D eigenvalue weighted by Crippen LogP contribution is -2.49. The highest BCUT2D eigenvalue weighted by atomic mass is 16.2. The summed E-state index contributed by atoms with van der Waals surface area (Å²) in [6.45, 7) is 9.86. The van der Waals surface area contributed by atoms with Crippen LogP contribution in [0.3, 0.4) is 0 Å². The SMILES string of the molecule is CCCCN(C(=O)C(=O)N1CCCNCC1)C(C)CC. The van der Waals surface area contributed by atoms with E-state index in [1.165, 1.54) is 0 Å². The number of amides is 2. The number of nitrogens with one attached hydrogen (secondary N) is 1. The van der Waals surface area contributed by atoms with Gasteiger partial charge < -0.3 is 15.1 Å². The van der Waals surface area contributed by atoms with Gasteiger partial charge in [-0.25, -0.2) is 0 Å². The summed E-state index contributed by atoms with van der Waals surface area (Å²) < 4.78 is 0. The van der Waals surface area contributed by atoms with E-state index in [-0.39, 0.29) is 17.9 Å². The maximum absolute atomic E-state index is 12.5. The van der Waals surface area contributed by atoms with E-state index in [0.29, 0.717) is 19.6 Å². The van der Waals surface area contributed by atoms with Crippen LogP contribution in [0.4, 0.5) is 0 Å². The molecule has 1 aliphatic rings. The summed E-state index contributed by atoms with van der Waals surface area (Å²) in [5.74, 6) is -0.653. The largest absolute Gasteiger partial charge is 0.333 e. The standard InChI is InChI=1S/C15H29N3O2/c1-4-6-11-18(13(3)5-2)15(20)14(19)17-10-7-8-16-9-12-17/h13,16H,4-12H2,1-3H3. The Bertz CT molecular complexity index is 312. The quantitative estimate of drug-likeness (QED) is 0.772. The van der Waals surface area contributed by atoms with Crippen molar-refractivity contribution in [1.82, 2.24) is 15.1 Å². The lowest BCUT2D eigenvalue weighted by atomic mass is 10.2. The Morgan fingerprint density at radius 1 is 1.25 bits per heavy atom. The van der Waals surface area contributed by atoms with E-state index in [1.807, 2.05) is 6.92 Å². The number of hydrogen-bond donors (Lipinski definition) is 1. The van der Waals surface area contributed by atoms with Crippen molar-refractivity contribution in [2.45, 2.75) is 52.5 Å². The summed E-state index contributed by atoms with van der Waals surface area (Å²) in [6, 6.07) is 0.128. The molecule has 116 valence electrons. The van der Waals surface area contributed by atoms with Gasteiger partial charge in [0.2, 0.25) is 0 Å². The van der Waals surface area contributed by atoms with Gasteiger partial charge in [0.05, 0.1) is 0 Å². The van der Waals surface area contributed by atoms with Crippen molar-refractivity contribution in [2.24, 2.45) is 0 Å². The zero-order valence-electron chi connectivity index (χ0n) is 13.2. The van der Waals surface area contributed by atoms with Gasteiger partial charge in [0.25, 0.3) is 0 Å². The predicted octanol–water partition coefficient (Wildman–Crippen LogP) is 1.24. The molecular weight excluding hydrogens is 254 g/mol. The maximum atomic E-state index is 12.5. The average molecular weight is 283 g/mol. The molecule has 5 nitrogen and oxygen atoms in total.